The van der Waals surface area contributed by atoms with Gasteiger partial charge >= 0.3 is 0 Å². The minimum absolute atomic E-state index is 0.0287. The van der Waals surface area contributed by atoms with E-state index in [9.17, 15) is 9.50 Å². The lowest BCUT2D eigenvalue weighted by Gasteiger charge is -2.24. The van der Waals surface area contributed by atoms with Gasteiger partial charge in [-0.25, -0.2) is 4.39 Å². The maximum absolute atomic E-state index is 13.6. The van der Waals surface area contributed by atoms with Gasteiger partial charge < -0.3 is 10.4 Å². The van der Waals surface area contributed by atoms with E-state index in [1.165, 1.54) is 6.07 Å². The second-order valence-electron chi connectivity index (χ2n) is 4.58. The van der Waals surface area contributed by atoms with E-state index in [4.69, 9.17) is 0 Å². The van der Waals surface area contributed by atoms with Crippen LogP contribution in [0.15, 0.2) is 30.4 Å². The highest BCUT2D eigenvalue weighted by atomic mass is 19.1. The molecule has 0 bridgehead atoms. The Morgan fingerprint density at radius 3 is 2.88 bits per heavy atom. The average molecular weight is 235 g/mol. The highest BCUT2D eigenvalue weighted by molar-refractivity contribution is 5.29. The number of allylic oxidation sites excluding steroid dienone is 1. The van der Waals surface area contributed by atoms with Crippen molar-refractivity contribution in [3.05, 3.63) is 41.7 Å². The smallest absolute Gasteiger partial charge is 0.131 e. The molecule has 2 N–H and O–H groups in total. The standard InChI is InChI=1S/C14H18FNO/c1-10(16-11-5-3-2-4-6-11)13-8-7-12(17)9-14(13)15/h2-3,7-11,16-17H,4-6H2,1H3. The minimum Gasteiger partial charge on any atom is -0.508 e. The van der Waals surface area contributed by atoms with Gasteiger partial charge in [0.25, 0.3) is 0 Å². The van der Waals surface area contributed by atoms with Crippen LogP contribution in [-0.4, -0.2) is 11.1 Å². The molecule has 1 aromatic carbocycles. The molecule has 0 radical (unpaired) electrons. The van der Waals surface area contributed by atoms with E-state index >= 15 is 0 Å². The first-order valence-electron chi connectivity index (χ1n) is 6.06. The normalized spacial score (nSPS) is 21.4. The molecule has 2 unspecified atom stereocenters. The Morgan fingerprint density at radius 2 is 2.24 bits per heavy atom. The minimum atomic E-state index is -0.351. The molecule has 0 amide bonds. The van der Waals surface area contributed by atoms with Gasteiger partial charge in [-0.1, -0.05) is 18.2 Å². The third-order valence-electron chi connectivity index (χ3n) is 3.21. The lowest BCUT2D eigenvalue weighted by Crippen LogP contribution is -2.32. The Morgan fingerprint density at radius 1 is 1.41 bits per heavy atom. The van der Waals surface area contributed by atoms with Crippen LogP contribution in [0.4, 0.5) is 4.39 Å². The molecule has 0 aliphatic heterocycles. The Labute approximate surface area is 101 Å². The molecule has 3 heteroatoms. The first-order valence-corrected chi connectivity index (χ1v) is 6.06. The Hall–Kier alpha value is -1.35. The summed E-state index contributed by atoms with van der Waals surface area (Å²) >= 11 is 0. The molecule has 0 saturated carbocycles. The van der Waals surface area contributed by atoms with Crippen LogP contribution in [0, 0.1) is 5.82 Å². The predicted molar refractivity (Wildman–Crippen MR) is 66.4 cm³/mol. The number of phenols is 1. The number of phenolic OH excluding ortho intramolecular Hbond substituents is 1. The predicted octanol–water partition coefficient (Wildman–Crippen LogP) is 3.29. The molecule has 1 aromatic rings. The quantitative estimate of drug-likeness (QED) is 0.788. The molecule has 0 heterocycles. The van der Waals surface area contributed by atoms with Crippen molar-refractivity contribution in [2.75, 3.05) is 0 Å². The topological polar surface area (TPSA) is 32.3 Å². The van der Waals surface area contributed by atoms with Crippen LogP contribution in [-0.2, 0) is 0 Å². The largest absolute Gasteiger partial charge is 0.508 e. The maximum atomic E-state index is 13.6. The molecule has 17 heavy (non-hydrogen) atoms. The van der Waals surface area contributed by atoms with Gasteiger partial charge in [-0.2, -0.15) is 0 Å². The Bertz CT molecular complexity index is 417. The summed E-state index contributed by atoms with van der Waals surface area (Å²) in [4.78, 5) is 0. The molecule has 1 aliphatic carbocycles. The lowest BCUT2D eigenvalue weighted by molar-refractivity contribution is 0.414. The Balaban J connectivity index is 2.03. The van der Waals surface area contributed by atoms with Crippen molar-refractivity contribution in [1.29, 1.82) is 0 Å². The van der Waals surface area contributed by atoms with E-state index in [1.54, 1.807) is 6.07 Å². The third kappa shape index (κ3) is 3.07. The third-order valence-corrected chi connectivity index (χ3v) is 3.21. The van der Waals surface area contributed by atoms with E-state index < -0.39 is 0 Å². The summed E-state index contributed by atoms with van der Waals surface area (Å²) in [6, 6.07) is 4.71. The van der Waals surface area contributed by atoms with Gasteiger partial charge in [0.2, 0.25) is 0 Å². The number of aromatic hydroxyl groups is 1. The summed E-state index contributed by atoms with van der Waals surface area (Å²) in [5.41, 5.74) is 0.609. The zero-order valence-electron chi connectivity index (χ0n) is 9.99. The van der Waals surface area contributed by atoms with Crippen molar-refractivity contribution in [3.63, 3.8) is 0 Å². The van der Waals surface area contributed by atoms with Gasteiger partial charge in [-0.05, 0) is 32.3 Å². The summed E-state index contributed by atoms with van der Waals surface area (Å²) < 4.78 is 13.6. The van der Waals surface area contributed by atoms with Crippen molar-refractivity contribution >= 4 is 0 Å². The highest BCUT2D eigenvalue weighted by Crippen LogP contribution is 2.23. The maximum Gasteiger partial charge on any atom is 0.131 e. The fourth-order valence-electron chi connectivity index (χ4n) is 2.26. The first kappa shape index (κ1) is 12.1. The molecular formula is C14H18FNO. The SMILES string of the molecule is CC(NC1CC=CCC1)c1ccc(O)cc1F. The average Bonchev–Trinajstić information content (AvgIpc) is 2.30. The molecule has 0 saturated heterocycles. The molecule has 1 aliphatic rings. The molecular weight excluding hydrogens is 217 g/mol. The van der Waals surface area contributed by atoms with Crippen molar-refractivity contribution in [2.24, 2.45) is 0 Å². The summed E-state index contributed by atoms with van der Waals surface area (Å²) in [6.07, 6.45) is 7.54. The first-order chi connectivity index (χ1) is 8.16. The van der Waals surface area contributed by atoms with Gasteiger partial charge in [0, 0.05) is 23.7 Å². The van der Waals surface area contributed by atoms with Crippen LogP contribution in [0.2, 0.25) is 0 Å². The van der Waals surface area contributed by atoms with Gasteiger partial charge in [-0.3, -0.25) is 0 Å². The second kappa shape index (κ2) is 5.32. The van der Waals surface area contributed by atoms with E-state index in [2.05, 4.69) is 17.5 Å². The van der Waals surface area contributed by atoms with Crippen LogP contribution >= 0.6 is 0 Å². The number of benzene rings is 1. The number of hydrogen-bond donors (Lipinski definition) is 2. The lowest BCUT2D eigenvalue weighted by atomic mass is 9.99. The Kier molecular flexibility index (Phi) is 3.79. The highest BCUT2D eigenvalue weighted by Gasteiger charge is 2.16. The summed E-state index contributed by atoms with van der Waals surface area (Å²) in [7, 11) is 0. The van der Waals surface area contributed by atoms with Crippen molar-refractivity contribution in [2.45, 2.75) is 38.3 Å². The van der Waals surface area contributed by atoms with Crippen LogP contribution < -0.4 is 5.32 Å². The van der Waals surface area contributed by atoms with Gasteiger partial charge in [0.05, 0.1) is 0 Å². The number of nitrogens with one attached hydrogen (secondary N) is 1. The monoisotopic (exact) mass is 235 g/mol. The van der Waals surface area contributed by atoms with Crippen LogP contribution in [0.3, 0.4) is 0 Å². The fourth-order valence-corrected chi connectivity index (χ4v) is 2.26. The molecule has 2 rings (SSSR count). The summed E-state index contributed by atoms with van der Waals surface area (Å²) in [5.74, 6) is -0.379. The van der Waals surface area contributed by atoms with Gasteiger partial charge in [0.15, 0.2) is 0 Å². The molecule has 2 nitrogen and oxygen atoms in total. The van der Waals surface area contributed by atoms with E-state index in [0.717, 1.165) is 25.3 Å². The van der Waals surface area contributed by atoms with E-state index in [0.29, 0.717) is 11.6 Å². The molecule has 92 valence electrons. The number of rotatable bonds is 3. The van der Waals surface area contributed by atoms with Crippen molar-refractivity contribution < 1.29 is 9.50 Å². The fraction of sp³-hybridized carbons (Fsp3) is 0.429. The molecule has 0 spiro atoms. The van der Waals surface area contributed by atoms with Crippen molar-refractivity contribution in [3.8, 4) is 5.75 Å². The molecule has 0 fully saturated rings. The van der Waals surface area contributed by atoms with Crippen LogP contribution in [0.5, 0.6) is 5.75 Å². The zero-order valence-corrected chi connectivity index (χ0v) is 9.99. The summed E-state index contributed by atoms with van der Waals surface area (Å²) in [5, 5.41) is 12.6. The van der Waals surface area contributed by atoms with Crippen LogP contribution in [0.1, 0.15) is 37.8 Å². The van der Waals surface area contributed by atoms with Gasteiger partial charge in [-0.15, -0.1) is 0 Å². The van der Waals surface area contributed by atoms with Crippen LogP contribution in [0.25, 0.3) is 0 Å². The zero-order chi connectivity index (χ0) is 12.3. The van der Waals surface area contributed by atoms with E-state index in [1.807, 2.05) is 6.92 Å². The summed E-state index contributed by atoms with van der Waals surface area (Å²) in [6.45, 7) is 1.95. The second-order valence-corrected chi connectivity index (χ2v) is 4.58. The van der Waals surface area contributed by atoms with E-state index in [-0.39, 0.29) is 17.6 Å². The molecule has 0 aromatic heterocycles. The number of halogens is 1. The number of hydrogen-bond acceptors (Lipinski definition) is 2. The van der Waals surface area contributed by atoms with Crippen molar-refractivity contribution in [1.82, 2.24) is 5.32 Å². The van der Waals surface area contributed by atoms with Gasteiger partial charge in [0.1, 0.15) is 11.6 Å². The molecule has 2 atom stereocenters.